The lowest BCUT2D eigenvalue weighted by atomic mass is 10.0. The first-order valence-corrected chi connectivity index (χ1v) is 8.44. The van der Waals surface area contributed by atoms with Crippen molar-refractivity contribution in [3.63, 3.8) is 0 Å². The summed E-state index contributed by atoms with van der Waals surface area (Å²) in [6, 6.07) is 13.9. The number of aromatic nitrogens is 3. The second-order valence-electron chi connectivity index (χ2n) is 6.04. The molecule has 128 valence electrons. The number of hydrogen-bond acceptors (Lipinski definition) is 3. The fourth-order valence-electron chi connectivity index (χ4n) is 2.83. The maximum absolute atomic E-state index is 12.5. The van der Waals surface area contributed by atoms with Gasteiger partial charge in [0.25, 0.3) is 5.91 Å². The average Bonchev–Trinajstić information content (AvgIpc) is 3.03. The van der Waals surface area contributed by atoms with Gasteiger partial charge in [0.2, 0.25) is 0 Å². The van der Waals surface area contributed by atoms with E-state index in [4.69, 9.17) is 0 Å². The minimum absolute atomic E-state index is 0.0838. The van der Waals surface area contributed by atoms with Crippen molar-refractivity contribution in [3.05, 3.63) is 71.8 Å². The molecule has 1 aromatic carbocycles. The van der Waals surface area contributed by atoms with Crippen molar-refractivity contribution in [2.45, 2.75) is 33.4 Å². The fourth-order valence-corrected chi connectivity index (χ4v) is 2.83. The van der Waals surface area contributed by atoms with E-state index in [1.54, 1.807) is 17.1 Å². The Hall–Kier alpha value is -2.95. The van der Waals surface area contributed by atoms with Gasteiger partial charge in [0, 0.05) is 18.9 Å². The van der Waals surface area contributed by atoms with E-state index in [-0.39, 0.29) is 11.9 Å². The molecule has 0 radical (unpaired) electrons. The van der Waals surface area contributed by atoms with Crippen LogP contribution in [0.5, 0.6) is 0 Å². The molecule has 25 heavy (non-hydrogen) atoms. The second kappa shape index (κ2) is 7.30. The lowest BCUT2D eigenvalue weighted by Gasteiger charge is -2.15. The molecular formula is C20H22N4O. The molecule has 0 saturated heterocycles. The molecule has 2 heterocycles. The van der Waals surface area contributed by atoms with Crippen molar-refractivity contribution < 1.29 is 4.79 Å². The van der Waals surface area contributed by atoms with Crippen LogP contribution in [0.3, 0.4) is 0 Å². The monoisotopic (exact) mass is 334 g/mol. The van der Waals surface area contributed by atoms with Gasteiger partial charge in [0.1, 0.15) is 5.69 Å². The number of nitrogens with zero attached hydrogens (tertiary/aromatic N) is 3. The molecule has 1 N–H and O–H groups in total. The first-order chi connectivity index (χ1) is 12.1. The van der Waals surface area contributed by atoms with Gasteiger partial charge in [-0.1, -0.05) is 24.3 Å². The van der Waals surface area contributed by atoms with Crippen LogP contribution in [0.2, 0.25) is 0 Å². The summed E-state index contributed by atoms with van der Waals surface area (Å²) < 4.78 is 1.73. The zero-order valence-electron chi connectivity index (χ0n) is 14.7. The molecule has 0 saturated carbocycles. The lowest BCUT2D eigenvalue weighted by molar-refractivity contribution is 0.0929. The second-order valence-corrected chi connectivity index (χ2v) is 6.04. The Balaban J connectivity index is 1.72. The van der Waals surface area contributed by atoms with Crippen molar-refractivity contribution in [3.8, 4) is 11.1 Å². The Morgan fingerprint density at radius 1 is 1.12 bits per heavy atom. The van der Waals surface area contributed by atoms with Crippen molar-refractivity contribution in [2.24, 2.45) is 0 Å². The summed E-state index contributed by atoms with van der Waals surface area (Å²) in [7, 11) is 0. The van der Waals surface area contributed by atoms with E-state index in [0.29, 0.717) is 12.2 Å². The molecule has 1 amide bonds. The Bertz CT molecular complexity index is 853. The quantitative estimate of drug-likeness (QED) is 0.773. The van der Waals surface area contributed by atoms with Gasteiger partial charge in [-0.15, -0.1) is 0 Å². The maximum Gasteiger partial charge on any atom is 0.270 e. The molecule has 0 aliphatic rings. The molecule has 5 heteroatoms. The van der Waals surface area contributed by atoms with Crippen molar-refractivity contribution in [1.82, 2.24) is 20.1 Å². The molecule has 0 unspecified atom stereocenters. The standard InChI is InChI=1S/C20H22N4O/c1-4-24-19(13-14(2)23-24)20(25)22-15(3)16-5-7-17(8-6-16)18-9-11-21-12-10-18/h5-13,15H,4H2,1-3H3,(H,22,25)/t15-/m0/s1. The minimum Gasteiger partial charge on any atom is -0.344 e. The first-order valence-electron chi connectivity index (χ1n) is 8.44. The van der Waals surface area contributed by atoms with Crippen LogP contribution in [0.1, 0.15) is 41.6 Å². The number of benzene rings is 1. The number of aryl methyl sites for hydroxylation is 2. The molecule has 3 aromatic rings. The van der Waals surface area contributed by atoms with Crippen LogP contribution in [0.25, 0.3) is 11.1 Å². The Labute approximate surface area is 147 Å². The highest BCUT2D eigenvalue weighted by Gasteiger charge is 2.16. The highest BCUT2D eigenvalue weighted by Crippen LogP contribution is 2.21. The summed E-state index contributed by atoms with van der Waals surface area (Å²) in [5.74, 6) is -0.104. The highest BCUT2D eigenvalue weighted by atomic mass is 16.2. The van der Waals surface area contributed by atoms with Gasteiger partial charge in [-0.05, 0) is 55.7 Å². The zero-order chi connectivity index (χ0) is 17.8. The fraction of sp³-hybridized carbons (Fsp3) is 0.250. The number of carbonyl (C=O) groups is 1. The van der Waals surface area contributed by atoms with Crippen molar-refractivity contribution in [2.75, 3.05) is 0 Å². The Kier molecular flexibility index (Phi) is 4.93. The molecule has 0 fully saturated rings. The number of pyridine rings is 1. The maximum atomic E-state index is 12.5. The molecule has 0 aliphatic heterocycles. The van der Waals surface area contributed by atoms with E-state index in [9.17, 15) is 4.79 Å². The van der Waals surface area contributed by atoms with Crippen LogP contribution in [-0.4, -0.2) is 20.7 Å². The summed E-state index contributed by atoms with van der Waals surface area (Å²) in [6.07, 6.45) is 3.57. The summed E-state index contributed by atoms with van der Waals surface area (Å²) >= 11 is 0. The van der Waals surface area contributed by atoms with Gasteiger partial charge in [-0.2, -0.15) is 5.10 Å². The highest BCUT2D eigenvalue weighted by molar-refractivity contribution is 5.93. The summed E-state index contributed by atoms with van der Waals surface area (Å²) in [6.45, 7) is 6.53. The molecular weight excluding hydrogens is 312 g/mol. The topological polar surface area (TPSA) is 59.8 Å². The predicted octanol–water partition coefficient (Wildman–Crippen LogP) is 3.76. The van der Waals surface area contributed by atoms with E-state index in [2.05, 4.69) is 27.5 Å². The molecule has 1 atom stereocenters. The van der Waals surface area contributed by atoms with Gasteiger partial charge < -0.3 is 5.32 Å². The van der Waals surface area contributed by atoms with Crippen LogP contribution in [0.15, 0.2) is 54.9 Å². The summed E-state index contributed by atoms with van der Waals surface area (Å²) in [4.78, 5) is 16.6. The van der Waals surface area contributed by atoms with E-state index in [0.717, 1.165) is 22.4 Å². The summed E-state index contributed by atoms with van der Waals surface area (Å²) in [5.41, 5.74) is 4.76. The normalized spacial score (nSPS) is 12.0. The van der Waals surface area contributed by atoms with E-state index >= 15 is 0 Å². The average molecular weight is 334 g/mol. The molecule has 0 aliphatic carbocycles. The first kappa shape index (κ1) is 16.9. The lowest BCUT2D eigenvalue weighted by Crippen LogP contribution is -2.28. The SMILES string of the molecule is CCn1nc(C)cc1C(=O)N[C@@H](C)c1ccc(-c2ccncc2)cc1. The van der Waals surface area contributed by atoms with Crippen molar-refractivity contribution >= 4 is 5.91 Å². The van der Waals surface area contributed by atoms with Gasteiger partial charge in [-0.3, -0.25) is 14.5 Å². The largest absolute Gasteiger partial charge is 0.344 e. The number of nitrogens with one attached hydrogen (secondary N) is 1. The number of carbonyl (C=O) groups excluding carboxylic acids is 1. The van der Waals surface area contributed by atoms with E-state index in [1.165, 1.54) is 0 Å². The molecule has 0 bridgehead atoms. The van der Waals surface area contributed by atoms with Crippen LogP contribution >= 0.6 is 0 Å². The third-order valence-electron chi connectivity index (χ3n) is 4.21. The van der Waals surface area contributed by atoms with Crippen LogP contribution in [0, 0.1) is 6.92 Å². The van der Waals surface area contributed by atoms with Gasteiger partial charge in [0.15, 0.2) is 0 Å². The molecule has 0 spiro atoms. The number of hydrogen-bond donors (Lipinski definition) is 1. The Morgan fingerprint density at radius 3 is 2.40 bits per heavy atom. The number of rotatable bonds is 5. The van der Waals surface area contributed by atoms with Crippen molar-refractivity contribution in [1.29, 1.82) is 0 Å². The third-order valence-corrected chi connectivity index (χ3v) is 4.21. The van der Waals surface area contributed by atoms with Gasteiger partial charge in [0.05, 0.1) is 11.7 Å². The smallest absolute Gasteiger partial charge is 0.270 e. The van der Waals surface area contributed by atoms with Crippen LogP contribution < -0.4 is 5.32 Å². The van der Waals surface area contributed by atoms with Crippen LogP contribution in [0.4, 0.5) is 0 Å². The van der Waals surface area contributed by atoms with Crippen LogP contribution in [-0.2, 0) is 6.54 Å². The molecule has 3 rings (SSSR count). The van der Waals surface area contributed by atoms with Gasteiger partial charge >= 0.3 is 0 Å². The Morgan fingerprint density at radius 2 is 1.76 bits per heavy atom. The molecule has 5 nitrogen and oxygen atoms in total. The molecule has 2 aromatic heterocycles. The third kappa shape index (κ3) is 3.76. The minimum atomic E-state index is -0.104. The number of amides is 1. The van der Waals surface area contributed by atoms with E-state index in [1.807, 2.05) is 51.1 Å². The predicted molar refractivity (Wildman–Crippen MR) is 98.2 cm³/mol. The van der Waals surface area contributed by atoms with E-state index < -0.39 is 0 Å². The zero-order valence-corrected chi connectivity index (χ0v) is 14.7. The van der Waals surface area contributed by atoms with Gasteiger partial charge in [-0.25, -0.2) is 0 Å². The summed E-state index contributed by atoms with van der Waals surface area (Å²) in [5, 5.41) is 7.38.